The number of fused-ring (bicyclic) bond motifs is 1. The van der Waals surface area contributed by atoms with Crippen molar-refractivity contribution in [3.63, 3.8) is 0 Å². The topological polar surface area (TPSA) is 67.3 Å². The predicted molar refractivity (Wildman–Crippen MR) is 89.9 cm³/mol. The Morgan fingerprint density at radius 2 is 1.87 bits per heavy atom. The summed E-state index contributed by atoms with van der Waals surface area (Å²) in [5, 5.41) is 0.544. The summed E-state index contributed by atoms with van der Waals surface area (Å²) in [4.78, 5) is 29.9. The van der Waals surface area contributed by atoms with E-state index in [0.717, 1.165) is 13.1 Å². The lowest BCUT2D eigenvalue weighted by Crippen LogP contribution is -2.52. The molecule has 1 aromatic heterocycles. The highest BCUT2D eigenvalue weighted by atomic mass is 16.5. The van der Waals surface area contributed by atoms with Crippen LogP contribution in [0.15, 0.2) is 33.9 Å². The highest BCUT2D eigenvalue weighted by Gasteiger charge is 2.26. The first-order chi connectivity index (χ1) is 11.0. The molecule has 0 unspecified atom stereocenters. The molecule has 0 amide bonds. The fourth-order valence-corrected chi connectivity index (χ4v) is 3.32. The van der Waals surface area contributed by atoms with Gasteiger partial charge in [0.25, 0.3) is 5.56 Å². The molecule has 6 heteroatoms. The van der Waals surface area contributed by atoms with Gasteiger partial charge < -0.3 is 9.72 Å². The predicted octanol–water partition coefficient (Wildman–Crippen LogP) is 1.19. The number of morpholine rings is 1. The Balaban J connectivity index is 1.89. The maximum Gasteiger partial charge on any atom is 0.328 e. The molecule has 0 saturated carbocycles. The first-order valence-electron chi connectivity index (χ1n) is 8.07. The Kier molecular flexibility index (Phi) is 4.37. The number of hydrogen-bond acceptors (Lipinski definition) is 4. The van der Waals surface area contributed by atoms with Crippen molar-refractivity contribution in [3.8, 4) is 0 Å². The second kappa shape index (κ2) is 6.29. The van der Waals surface area contributed by atoms with Gasteiger partial charge in [-0.05, 0) is 32.9 Å². The molecule has 0 bridgehead atoms. The molecular formula is C17H23N3O3. The molecule has 1 aromatic carbocycles. The Morgan fingerprint density at radius 3 is 2.57 bits per heavy atom. The van der Waals surface area contributed by atoms with Crippen LogP contribution >= 0.6 is 0 Å². The van der Waals surface area contributed by atoms with E-state index in [2.05, 4.69) is 9.88 Å². The van der Waals surface area contributed by atoms with Gasteiger partial charge in [-0.1, -0.05) is 12.1 Å². The number of benzene rings is 1. The normalized spacial score (nSPS) is 24.0. The standard InChI is InChI=1S/C17H23N3O3/c1-11(19-9-12(2)23-13(3)10-19)8-20-16(21)14-6-4-5-7-15(14)18-17(20)22/h4-7,11-13H,8-10H2,1-3H3,(H,18,22)/t11-,12-,13+/m1/s1. The van der Waals surface area contributed by atoms with Crippen LogP contribution < -0.4 is 11.2 Å². The molecule has 1 aliphatic rings. The fourth-order valence-electron chi connectivity index (χ4n) is 3.32. The van der Waals surface area contributed by atoms with Gasteiger partial charge in [0.2, 0.25) is 0 Å². The minimum absolute atomic E-state index is 0.0868. The Labute approximate surface area is 134 Å². The summed E-state index contributed by atoms with van der Waals surface area (Å²) in [6.07, 6.45) is 0.320. The lowest BCUT2D eigenvalue weighted by molar-refractivity contribution is -0.0801. The Morgan fingerprint density at radius 1 is 1.22 bits per heavy atom. The van der Waals surface area contributed by atoms with E-state index in [1.807, 2.05) is 20.8 Å². The molecule has 0 spiro atoms. The van der Waals surface area contributed by atoms with Gasteiger partial charge in [0.15, 0.2) is 0 Å². The average Bonchev–Trinajstić information content (AvgIpc) is 2.50. The molecule has 3 atom stereocenters. The molecule has 2 heterocycles. The van der Waals surface area contributed by atoms with Crippen LogP contribution in [0.25, 0.3) is 10.9 Å². The van der Waals surface area contributed by atoms with Crippen molar-refractivity contribution in [2.75, 3.05) is 13.1 Å². The monoisotopic (exact) mass is 317 g/mol. The highest BCUT2D eigenvalue weighted by Crippen LogP contribution is 2.14. The van der Waals surface area contributed by atoms with Gasteiger partial charge in [-0.3, -0.25) is 14.3 Å². The number of nitrogens with one attached hydrogen (secondary N) is 1. The van der Waals surface area contributed by atoms with Crippen molar-refractivity contribution in [3.05, 3.63) is 45.1 Å². The molecule has 1 N–H and O–H groups in total. The molecule has 3 rings (SSSR count). The van der Waals surface area contributed by atoms with Gasteiger partial charge in [0.05, 0.1) is 23.1 Å². The molecule has 0 radical (unpaired) electrons. The molecule has 0 aliphatic carbocycles. The number of para-hydroxylation sites is 1. The Bertz CT molecular complexity index is 801. The lowest BCUT2D eigenvalue weighted by atomic mass is 10.1. The van der Waals surface area contributed by atoms with Crippen LogP contribution in [0.2, 0.25) is 0 Å². The van der Waals surface area contributed by atoms with E-state index in [0.29, 0.717) is 17.4 Å². The second-order valence-electron chi connectivity index (χ2n) is 6.45. The first-order valence-corrected chi connectivity index (χ1v) is 8.07. The quantitative estimate of drug-likeness (QED) is 0.923. The van der Waals surface area contributed by atoms with Gasteiger partial charge in [-0.25, -0.2) is 4.79 Å². The number of nitrogens with zero attached hydrogens (tertiary/aromatic N) is 2. The van der Waals surface area contributed by atoms with Crippen LogP contribution in [0.5, 0.6) is 0 Å². The number of H-pyrrole nitrogens is 1. The molecule has 2 aromatic rings. The van der Waals surface area contributed by atoms with E-state index in [1.165, 1.54) is 4.57 Å². The van der Waals surface area contributed by atoms with E-state index in [-0.39, 0.29) is 29.5 Å². The number of aromatic amines is 1. The van der Waals surface area contributed by atoms with Gasteiger partial charge in [-0.2, -0.15) is 0 Å². The minimum atomic E-state index is -0.352. The lowest BCUT2D eigenvalue weighted by Gasteiger charge is -2.39. The molecular weight excluding hydrogens is 294 g/mol. The fraction of sp³-hybridized carbons (Fsp3) is 0.529. The van der Waals surface area contributed by atoms with Crippen molar-refractivity contribution >= 4 is 10.9 Å². The summed E-state index contributed by atoms with van der Waals surface area (Å²) in [6.45, 7) is 8.14. The van der Waals surface area contributed by atoms with Crippen molar-refractivity contribution in [2.45, 2.75) is 45.6 Å². The number of rotatable bonds is 3. The third-order valence-corrected chi connectivity index (χ3v) is 4.41. The van der Waals surface area contributed by atoms with Crippen LogP contribution in [0, 0.1) is 0 Å². The first kappa shape index (κ1) is 16.0. The number of hydrogen-bond donors (Lipinski definition) is 1. The molecule has 1 fully saturated rings. The van der Waals surface area contributed by atoms with Gasteiger partial charge >= 0.3 is 5.69 Å². The maximum atomic E-state index is 12.6. The van der Waals surface area contributed by atoms with Crippen LogP contribution in [-0.2, 0) is 11.3 Å². The number of ether oxygens (including phenoxy) is 1. The van der Waals surface area contributed by atoms with Crippen LogP contribution in [0.3, 0.4) is 0 Å². The molecule has 1 saturated heterocycles. The third-order valence-electron chi connectivity index (χ3n) is 4.41. The van der Waals surface area contributed by atoms with Crippen molar-refractivity contribution in [1.29, 1.82) is 0 Å². The average molecular weight is 317 g/mol. The van der Waals surface area contributed by atoms with Crippen LogP contribution in [0.4, 0.5) is 0 Å². The van der Waals surface area contributed by atoms with Gasteiger partial charge in [0, 0.05) is 25.7 Å². The summed E-state index contributed by atoms with van der Waals surface area (Å²) in [7, 11) is 0. The SMILES string of the molecule is C[C@@H]1CN([C@H](C)Cn2c(=O)[nH]c3ccccc3c2=O)C[C@H](C)O1. The molecule has 6 nitrogen and oxygen atoms in total. The van der Waals surface area contributed by atoms with Gasteiger partial charge in [-0.15, -0.1) is 0 Å². The largest absolute Gasteiger partial charge is 0.373 e. The molecule has 124 valence electrons. The number of aromatic nitrogens is 2. The van der Waals surface area contributed by atoms with Crippen molar-refractivity contribution in [2.24, 2.45) is 0 Å². The third kappa shape index (κ3) is 3.23. The summed E-state index contributed by atoms with van der Waals surface area (Å²) in [5.41, 5.74) is 0.000447. The molecule has 23 heavy (non-hydrogen) atoms. The van der Waals surface area contributed by atoms with E-state index in [1.54, 1.807) is 24.3 Å². The van der Waals surface area contributed by atoms with E-state index in [9.17, 15) is 9.59 Å². The smallest absolute Gasteiger partial charge is 0.328 e. The maximum absolute atomic E-state index is 12.6. The van der Waals surface area contributed by atoms with Crippen LogP contribution in [0.1, 0.15) is 20.8 Å². The van der Waals surface area contributed by atoms with Gasteiger partial charge in [0.1, 0.15) is 0 Å². The summed E-state index contributed by atoms with van der Waals surface area (Å²) in [5.74, 6) is 0. The summed E-state index contributed by atoms with van der Waals surface area (Å²) in [6, 6.07) is 7.19. The minimum Gasteiger partial charge on any atom is -0.373 e. The zero-order valence-corrected chi connectivity index (χ0v) is 13.8. The zero-order chi connectivity index (χ0) is 16.6. The van der Waals surface area contributed by atoms with E-state index < -0.39 is 0 Å². The second-order valence-corrected chi connectivity index (χ2v) is 6.45. The zero-order valence-electron chi connectivity index (χ0n) is 13.8. The summed E-state index contributed by atoms with van der Waals surface area (Å²) >= 11 is 0. The van der Waals surface area contributed by atoms with E-state index >= 15 is 0 Å². The van der Waals surface area contributed by atoms with Crippen molar-refractivity contribution in [1.82, 2.24) is 14.5 Å². The van der Waals surface area contributed by atoms with Crippen LogP contribution in [-0.4, -0.2) is 45.8 Å². The summed E-state index contributed by atoms with van der Waals surface area (Å²) < 4.78 is 7.05. The van der Waals surface area contributed by atoms with E-state index in [4.69, 9.17) is 4.74 Å². The Hall–Kier alpha value is -1.92. The van der Waals surface area contributed by atoms with Crippen molar-refractivity contribution < 1.29 is 4.74 Å². The molecule has 1 aliphatic heterocycles. The highest BCUT2D eigenvalue weighted by molar-refractivity contribution is 5.76.